The van der Waals surface area contributed by atoms with E-state index in [1.165, 1.54) is 12.8 Å². The van der Waals surface area contributed by atoms with Crippen LogP contribution < -0.4 is 10.6 Å². The molecule has 0 aliphatic rings. The summed E-state index contributed by atoms with van der Waals surface area (Å²) in [6, 6.07) is 0. The average molecular weight is 250 g/mol. The van der Waals surface area contributed by atoms with Gasteiger partial charge in [-0.15, -0.1) is 0 Å². The van der Waals surface area contributed by atoms with Crippen LogP contribution >= 0.6 is 0 Å². The van der Waals surface area contributed by atoms with E-state index in [0.717, 1.165) is 42.6 Å². The lowest BCUT2D eigenvalue weighted by atomic mass is 10.1. The molecule has 0 aliphatic carbocycles. The first-order chi connectivity index (χ1) is 8.65. The molecule has 0 bridgehead atoms. The van der Waals surface area contributed by atoms with Crippen LogP contribution in [0.3, 0.4) is 0 Å². The molecule has 0 aliphatic heterocycles. The van der Waals surface area contributed by atoms with Gasteiger partial charge in [-0.1, -0.05) is 20.8 Å². The monoisotopic (exact) mass is 250 g/mol. The molecular formula is C14H26N4. The van der Waals surface area contributed by atoms with E-state index in [2.05, 4.69) is 48.3 Å². The van der Waals surface area contributed by atoms with Crippen molar-refractivity contribution in [3.8, 4) is 0 Å². The van der Waals surface area contributed by atoms with Gasteiger partial charge in [0.15, 0.2) is 0 Å². The molecule has 4 nitrogen and oxygen atoms in total. The van der Waals surface area contributed by atoms with Gasteiger partial charge in [-0.05, 0) is 32.1 Å². The Hall–Kier alpha value is -1.32. The van der Waals surface area contributed by atoms with Gasteiger partial charge in [0, 0.05) is 18.7 Å². The molecule has 102 valence electrons. The first kappa shape index (κ1) is 14.7. The van der Waals surface area contributed by atoms with E-state index in [1.54, 1.807) is 6.33 Å². The molecule has 1 rings (SSSR count). The second kappa shape index (κ2) is 7.90. The quantitative estimate of drug-likeness (QED) is 0.694. The van der Waals surface area contributed by atoms with Crippen molar-refractivity contribution in [2.24, 2.45) is 5.92 Å². The fourth-order valence-corrected chi connectivity index (χ4v) is 1.77. The molecule has 0 spiro atoms. The molecular weight excluding hydrogens is 224 g/mol. The lowest BCUT2D eigenvalue weighted by molar-refractivity contribution is 0.566. The molecule has 0 fully saturated rings. The number of nitrogens with one attached hydrogen (secondary N) is 2. The van der Waals surface area contributed by atoms with Crippen molar-refractivity contribution in [2.45, 2.75) is 47.0 Å². The van der Waals surface area contributed by atoms with Gasteiger partial charge in [0.2, 0.25) is 0 Å². The van der Waals surface area contributed by atoms with E-state index < -0.39 is 0 Å². The molecule has 0 radical (unpaired) electrons. The van der Waals surface area contributed by atoms with Gasteiger partial charge in [-0.2, -0.15) is 0 Å². The third-order valence-electron chi connectivity index (χ3n) is 2.88. The molecule has 18 heavy (non-hydrogen) atoms. The van der Waals surface area contributed by atoms with E-state index in [4.69, 9.17) is 0 Å². The summed E-state index contributed by atoms with van der Waals surface area (Å²) in [7, 11) is 0. The highest BCUT2D eigenvalue weighted by atomic mass is 15.1. The van der Waals surface area contributed by atoms with Crippen LogP contribution in [-0.4, -0.2) is 23.1 Å². The van der Waals surface area contributed by atoms with Crippen molar-refractivity contribution < 1.29 is 0 Å². The number of aromatic nitrogens is 2. The minimum atomic E-state index is 0.764. The van der Waals surface area contributed by atoms with Crippen LogP contribution in [0.5, 0.6) is 0 Å². The Morgan fingerprint density at radius 3 is 2.28 bits per heavy atom. The summed E-state index contributed by atoms with van der Waals surface area (Å²) in [5.74, 6) is 2.66. The maximum absolute atomic E-state index is 4.30. The summed E-state index contributed by atoms with van der Waals surface area (Å²) in [5, 5.41) is 6.71. The lowest BCUT2D eigenvalue weighted by Gasteiger charge is -2.12. The average Bonchev–Trinajstić information content (AvgIpc) is 2.34. The van der Waals surface area contributed by atoms with Crippen LogP contribution in [0.15, 0.2) is 6.33 Å². The number of hydrogen-bond acceptors (Lipinski definition) is 4. The highest BCUT2D eigenvalue weighted by molar-refractivity contribution is 5.56. The summed E-state index contributed by atoms with van der Waals surface area (Å²) in [5.41, 5.74) is 1.11. The molecule has 0 atom stereocenters. The summed E-state index contributed by atoms with van der Waals surface area (Å²) >= 11 is 0. The van der Waals surface area contributed by atoms with Crippen LogP contribution in [0.1, 0.15) is 45.6 Å². The number of hydrogen-bond donors (Lipinski definition) is 2. The lowest BCUT2D eigenvalue weighted by Crippen LogP contribution is -2.10. The molecule has 0 unspecified atom stereocenters. The van der Waals surface area contributed by atoms with Crippen molar-refractivity contribution in [1.29, 1.82) is 0 Å². The van der Waals surface area contributed by atoms with Gasteiger partial charge < -0.3 is 10.6 Å². The first-order valence-electron chi connectivity index (χ1n) is 6.94. The Balaban J connectivity index is 2.49. The van der Waals surface area contributed by atoms with Crippen molar-refractivity contribution >= 4 is 11.6 Å². The number of rotatable bonds is 8. The van der Waals surface area contributed by atoms with Crippen LogP contribution in [0.4, 0.5) is 11.6 Å². The van der Waals surface area contributed by atoms with E-state index in [9.17, 15) is 0 Å². The second-order valence-electron chi connectivity index (χ2n) is 5.09. The van der Waals surface area contributed by atoms with Crippen molar-refractivity contribution in [3.05, 3.63) is 11.9 Å². The van der Waals surface area contributed by atoms with Crippen molar-refractivity contribution in [3.63, 3.8) is 0 Å². The molecule has 4 heteroatoms. The summed E-state index contributed by atoms with van der Waals surface area (Å²) in [4.78, 5) is 8.57. The fraction of sp³-hybridized carbons (Fsp3) is 0.714. The zero-order chi connectivity index (χ0) is 13.4. The molecule has 0 amide bonds. The van der Waals surface area contributed by atoms with Crippen molar-refractivity contribution in [1.82, 2.24) is 9.97 Å². The molecule has 0 aromatic carbocycles. The van der Waals surface area contributed by atoms with Crippen LogP contribution in [-0.2, 0) is 0 Å². The van der Waals surface area contributed by atoms with E-state index in [1.807, 2.05) is 0 Å². The van der Waals surface area contributed by atoms with Gasteiger partial charge in [0.1, 0.15) is 18.0 Å². The second-order valence-corrected chi connectivity index (χ2v) is 5.09. The largest absolute Gasteiger partial charge is 0.370 e. The minimum Gasteiger partial charge on any atom is -0.370 e. The summed E-state index contributed by atoms with van der Waals surface area (Å²) < 4.78 is 0. The number of nitrogens with zero attached hydrogens (tertiary/aromatic N) is 2. The molecule has 1 heterocycles. The highest BCUT2D eigenvalue weighted by Crippen LogP contribution is 2.18. The zero-order valence-electron chi connectivity index (χ0n) is 12.1. The van der Waals surface area contributed by atoms with E-state index in [-0.39, 0.29) is 0 Å². The zero-order valence-corrected chi connectivity index (χ0v) is 12.1. The standard InChI is InChI=1S/C14H26N4/c1-5-8-15-13-12(4)14(18-10-17-13)16-9-6-7-11(2)3/h10-11H,5-9H2,1-4H3,(H2,15,16,17,18). The molecule has 2 N–H and O–H groups in total. The van der Waals surface area contributed by atoms with Crippen LogP contribution in [0, 0.1) is 12.8 Å². The Labute approximate surface area is 111 Å². The van der Waals surface area contributed by atoms with Gasteiger partial charge in [-0.25, -0.2) is 9.97 Å². The molecule has 0 saturated carbocycles. The predicted octanol–water partition coefficient (Wildman–Crippen LogP) is 3.46. The maximum atomic E-state index is 4.30. The van der Waals surface area contributed by atoms with Gasteiger partial charge >= 0.3 is 0 Å². The number of anilines is 2. The smallest absolute Gasteiger partial charge is 0.134 e. The summed E-state index contributed by atoms with van der Waals surface area (Å²) in [6.07, 6.45) is 5.15. The van der Waals surface area contributed by atoms with Gasteiger partial charge in [0.05, 0.1) is 0 Å². The van der Waals surface area contributed by atoms with E-state index >= 15 is 0 Å². The fourth-order valence-electron chi connectivity index (χ4n) is 1.77. The third kappa shape index (κ3) is 4.90. The van der Waals surface area contributed by atoms with E-state index in [0.29, 0.717) is 0 Å². The Bertz CT molecular complexity index is 350. The summed E-state index contributed by atoms with van der Waals surface area (Å²) in [6.45, 7) is 10.6. The predicted molar refractivity (Wildman–Crippen MR) is 78.1 cm³/mol. The van der Waals surface area contributed by atoms with Crippen LogP contribution in [0.25, 0.3) is 0 Å². The Morgan fingerprint density at radius 1 is 1.11 bits per heavy atom. The Morgan fingerprint density at radius 2 is 1.72 bits per heavy atom. The molecule has 0 saturated heterocycles. The first-order valence-corrected chi connectivity index (χ1v) is 6.94. The molecule has 1 aromatic rings. The topological polar surface area (TPSA) is 49.8 Å². The Kier molecular flexibility index (Phi) is 6.47. The SMILES string of the molecule is CCCNc1ncnc(NCCCC(C)C)c1C. The van der Waals surface area contributed by atoms with Crippen molar-refractivity contribution in [2.75, 3.05) is 23.7 Å². The van der Waals surface area contributed by atoms with Gasteiger partial charge in [-0.3, -0.25) is 0 Å². The normalized spacial score (nSPS) is 10.7. The third-order valence-corrected chi connectivity index (χ3v) is 2.88. The van der Waals surface area contributed by atoms with Gasteiger partial charge in [0.25, 0.3) is 0 Å². The highest BCUT2D eigenvalue weighted by Gasteiger charge is 2.05. The molecule has 1 aromatic heterocycles. The minimum absolute atomic E-state index is 0.764. The van der Waals surface area contributed by atoms with Crippen LogP contribution in [0.2, 0.25) is 0 Å². The maximum Gasteiger partial charge on any atom is 0.134 e.